The Morgan fingerprint density at radius 1 is 1.39 bits per heavy atom. The van der Waals surface area contributed by atoms with Gasteiger partial charge in [-0.3, -0.25) is 4.99 Å². The van der Waals surface area contributed by atoms with Gasteiger partial charge in [-0.1, -0.05) is 30.3 Å². The van der Waals surface area contributed by atoms with Crippen LogP contribution in [-0.2, 0) is 16.0 Å². The average Bonchev–Trinajstić information content (AvgIpc) is 2.87. The Bertz CT molecular complexity index is 431. The van der Waals surface area contributed by atoms with E-state index in [4.69, 9.17) is 4.74 Å². The minimum absolute atomic E-state index is 0.195. The number of aliphatic imine (C=N–C) groups is 1. The molecule has 2 rings (SSSR count). The van der Waals surface area contributed by atoms with Gasteiger partial charge in [0.1, 0.15) is 0 Å². The van der Waals surface area contributed by atoms with Crippen LogP contribution >= 0.6 is 11.8 Å². The molecule has 0 aromatic heterocycles. The molecule has 1 aromatic carbocycles. The molecule has 4 heteroatoms. The summed E-state index contributed by atoms with van der Waals surface area (Å²) in [6.45, 7) is 2.24. The van der Waals surface area contributed by atoms with Crippen molar-refractivity contribution in [2.24, 2.45) is 4.99 Å². The lowest BCUT2D eigenvalue weighted by Crippen LogP contribution is -2.21. The number of aryl methyl sites for hydroxylation is 1. The zero-order valence-electron chi connectivity index (χ0n) is 10.5. The molecule has 0 saturated carbocycles. The predicted octanol–water partition coefficient (Wildman–Crippen LogP) is 2.70. The fraction of sp³-hybridized carbons (Fsp3) is 0.429. The van der Waals surface area contributed by atoms with Crippen molar-refractivity contribution in [3.05, 3.63) is 35.9 Å². The highest BCUT2D eigenvalue weighted by Gasteiger charge is 2.25. The summed E-state index contributed by atoms with van der Waals surface area (Å²) in [6.07, 6.45) is 1.88. The van der Waals surface area contributed by atoms with E-state index in [1.165, 1.54) is 5.56 Å². The van der Waals surface area contributed by atoms with Crippen LogP contribution in [0, 0.1) is 0 Å². The number of thioether (sulfide) groups is 1. The number of esters is 1. The second kappa shape index (κ2) is 6.59. The summed E-state index contributed by atoms with van der Waals surface area (Å²) in [5.41, 5.74) is 1.31. The van der Waals surface area contributed by atoms with E-state index in [1.807, 2.05) is 25.1 Å². The third-order valence-corrected chi connectivity index (χ3v) is 3.86. The second-order valence-electron chi connectivity index (χ2n) is 4.09. The summed E-state index contributed by atoms with van der Waals surface area (Å²) < 4.78 is 4.98. The van der Waals surface area contributed by atoms with Crippen LogP contribution in [0.4, 0.5) is 0 Å². The molecule has 0 unspecified atom stereocenters. The van der Waals surface area contributed by atoms with Crippen molar-refractivity contribution in [3.8, 4) is 0 Å². The van der Waals surface area contributed by atoms with Gasteiger partial charge >= 0.3 is 5.97 Å². The molecule has 1 aliphatic heterocycles. The van der Waals surface area contributed by atoms with Crippen molar-refractivity contribution >= 4 is 22.8 Å². The molecule has 1 aliphatic rings. The fourth-order valence-electron chi connectivity index (χ4n) is 1.82. The summed E-state index contributed by atoms with van der Waals surface area (Å²) in [6, 6.07) is 10.0. The van der Waals surface area contributed by atoms with E-state index in [1.54, 1.807) is 11.8 Å². The van der Waals surface area contributed by atoms with Gasteiger partial charge in [-0.2, -0.15) is 0 Å². The minimum atomic E-state index is -0.291. The number of benzene rings is 1. The number of nitrogens with zero attached hydrogens (tertiary/aromatic N) is 1. The van der Waals surface area contributed by atoms with E-state index in [9.17, 15) is 4.79 Å². The van der Waals surface area contributed by atoms with E-state index in [-0.39, 0.29) is 12.0 Å². The third-order valence-electron chi connectivity index (χ3n) is 2.74. The summed E-state index contributed by atoms with van der Waals surface area (Å²) in [5.74, 6) is 0.530. The van der Waals surface area contributed by atoms with Crippen LogP contribution in [0.1, 0.15) is 18.9 Å². The van der Waals surface area contributed by atoms with Crippen LogP contribution in [-0.4, -0.2) is 29.4 Å². The topological polar surface area (TPSA) is 38.7 Å². The van der Waals surface area contributed by atoms with Crippen LogP contribution in [0.3, 0.4) is 0 Å². The molecule has 1 heterocycles. The molecule has 3 nitrogen and oxygen atoms in total. The number of carbonyl (C=O) groups is 1. The second-order valence-corrected chi connectivity index (χ2v) is 5.18. The number of carbonyl (C=O) groups excluding carboxylic acids is 1. The zero-order chi connectivity index (χ0) is 12.8. The van der Waals surface area contributed by atoms with E-state index < -0.39 is 0 Å². The van der Waals surface area contributed by atoms with Crippen molar-refractivity contribution in [2.45, 2.75) is 25.8 Å². The van der Waals surface area contributed by atoms with Crippen molar-refractivity contribution in [3.63, 3.8) is 0 Å². The average molecular weight is 263 g/mol. The molecule has 18 heavy (non-hydrogen) atoms. The van der Waals surface area contributed by atoms with Gasteiger partial charge in [0.15, 0.2) is 6.04 Å². The highest BCUT2D eigenvalue weighted by Crippen LogP contribution is 2.22. The summed E-state index contributed by atoms with van der Waals surface area (Å²) in [5, 5.41) is 1.07. The van der Waals surface area contributed by atoms with Crippen molar-refractivity contribution in [2.75, 3.05) is 12.4 Å². The lowest BCUT2D eigenvalue weighted by atomic mass is 10.1. The Morgan fingerprint density at radius 3 is 2.89 bits per heavy atom. The molecule has 0 saturated heterocycles. The first-order valence-electron chi connectivity index (χ1n) is 6.19. The summed E-state index contributed by atoms with van der Waals surface area (Å²) >= 11 is 1.67. The monoisotopic (exact) mass is 263 g/mol. The molecule has 0 radical (unpaired) electrons. The number of hydrogen-bond acceptors (Lipinski definition) is 4. The maximum absolute atomic E-state index is 11.5. The summed E-state index contributed by atoms with van der Waals surface area (Å²) in [4.78, 5) is 15.9. The van der Waals surface area contributed by atoms with Gasteiger partial charge in [-0.05, 0) is 25.3 Å². The van der Waals surface area contributed by atoms with Crippen LogP contribution in [0.2, 0.25) is 0 Å². The van der Waals surface area contributed by atoms with Gasteiger partial charge < -0.3 is 4.74 Å². The molecule has 0 spiro atoms. The predicted molar refractivity (Wildman–Crippen MR) is 75.1 cm³/mol. The maximum Gasteiger partial charge on any atom is 0.331 e. The Kier molecular flexibility index (Phi) is 4.81. The molecular weight excluding hydrogens is 246 g/mol. The molecule has 1 aromatic rings. The molecule has 96 valence electrons. The highest BCUT2D eigenvalue weighted by atomic mass is 32.2. The minimum Gasteiger partial charge on any atom is -0.464 e. The van der Waals surface area contributed by atoms with E-state index in [0.717, 1.165) is 23.6 Å². The van der Waals surface area contributed by atoms with E-state index in [2.05, 4.69) is 17.1 Å². The van der Waals surface area contributed by atoms with Gasteiger partial charge in [0, 0.05) is 5.75 Å². The lowest BCUT2D eigenvalue weighted by molar-refractivity contribution is -0.143. The largest absolute Gasteiger partial charge is 0.464 e. The van der Waals surface area contributed by atoms with Crippen molar-refractivity contribution < 1.29 is 9.53 Å². The fourth-order valence-corrected chi connectivity index (χ4v) is 2.82. The third kappa shape index (κ3) is 3.60. The number of rotatable bonds is 5. The smallest absolute Gasteiger partial charge is 0.331 e. The maximum atomic E-state index is 11.5. The van der Waals surface area contributed by atoms with Crippen molar-refractivity contribution in [1.82, 2.24) is 0 Å². The standard InChI is InChI=1S/C14H17NO2S/c1-2-17-14(16)12-10-18-13(15-12)9-8-11-6-4-3-5-7-11/h3-7,12H,2,8-10H2,1H3/t12-/m0/s1. The molecule has 1 atom stereocenters. The Labute approximate surface area is 112 Å². The Hall–Kier alpha value is -1.29. The quantitative estimate of drug-likeness (QED) is 0.767. The Morgan fingerprint density at radius 2 is 2.17 bits per heavy atom. The molecule has 0 bridgehead atoms. The number of hydrogen-bond donors (Lipinski definition) is 0. The molecule has 0 aliphatic carbocycles. The molecule has 0 N–H and O–H groups in total. The lowest BCUT2D eigenvalue weighted by Gasteiger charge is -2.03. The summed E-state index contributed by atoms with van der Waals surface area (Å²) in [7, 11) is 0. The van der Waals surface area contributed by atoms with Crippen LogP contribution in [0.25, 0.3) is 0 Å². The van der Waals surface area contributed by atoms with Crippen LogP contribution in [0.5, 0.6) is 0 Å². The van der Waals surface area contributed by atoms with Crippen LogP contribution in [0.15, 0.2) is 35.3 Å². The first kappa shape index (κ1) is 13.1. The van der Waals surface area contributed by atoms with Crippen molar-refractivity contribution in [1.29, 1.82) is 0 Å². The van der Waals surface area contributed by atoms with Gasteiger partial charge in [-0.15, -0.1) is 11.8 Å². The highest BCUT2D eigenvalue weighted by molar-refractivity contribution is 8.14. The SMILES string of the molecule is CCOC(=O)[C@@H]1CSC(CCc2ccccc2)=N1. The van der Waals surface area contributed by atoms with Gasteiger partial charge in [0.25, 0.3) is 0 Å². The molecule has 0 amide bonds. The van der Waals surface area contributed by atoms with Gasteiger partial charge in [-0.25, -0.2) is 4.79 Å². The van der Waals surface area contributed by atoms with Gasteiger partial charge in [0.05, 0.1) is 11.7 Å². The first-order valence-corrected chi connectivity index (χ1v) is 7.18. The van der Waals surface area contributed by atoms with Gasteiger partial charge in [0.2, 0.25) is 0 Å². The van der Waals surface area contributed by atoms with E-state index >= 15 is 0 Å². The Balaban J connectivity index is 1.84. The first-order chi connectivity index (χ1) is 8.79. The number of ether oxygens (including phenoxy) is 1. The zero-order valence-corrected chi connectivity index (χ0v) is 11.3. The van der Waals surface area contributed by atoms with E-state index in [0.29, 0.717) is 6.61 Å². The van der Waals surface area contributed by atoms with Crippen LogP contribution < -0.4 is 0 Å². The normalized spacial score (nSPS) is 18.5. The molecule has 0 fully saturated rings. The molecular formula is C14H17NO2S.